The van der Waals surface area contributed by atoms with Crippen LogP contribution in [0, 0.1) is 5.92 Å². The highest BCUT2D eigenvalue weighted by atomic mass is 16.5. The molecule has 1 aliphatic rings. The lowest BCUT2D eigenvalue weighted by Crippen LogP contribution is -2.43. The molecule has 12 heteroatoms. The fourth-order valence-corrected chi connectivity index (χ4v) is 4.79. The van der Waals surface area contributed by atoms with Crippen molar-refractivity contribution < 1.29 is 14.6 Å². The molecule has 0 saturated carbocycles. The molecule has 4 rings (SSSR count). The Kier molecular flexibility index (Phi) is 9.90. The molecule has 0 radical (unpaired) electrons. The second-order valence-corrected chi connectivity index (χ2v) is 10.2. The summed E-state index contributed by atoms with van der Waals surface area (Å²) < 4.78 is 7.18. The van der Waals surface area contributed by atoms with Crippen LogP contribution in [0.5, 0.6) is 6.01 Å². The zero-order valence-corrected chi connectivity index (χ0v) is 22.6. The fourth-order valence-electron chi connectivity index (χ4n) is 4.79. The maximum Gasteiger partial charge on any atom is 0.328 e. The molecule has 1 amide bonds. The van der Waals surface area contributed by atoms with Crippen LogP contribution >= 0.6 is 0 Å². The summed E-state index contributed by atoms with van der Waals surface area (Å²) in [6, 6.07) is 7.61. The monoisotopic (exact) mass is 540 g/mol. The number of benzene rings is 1. The molecule has 1 aliphatic heterocycles. The van der Waals surface area contributed by atoms with E-state index in [1.807, 2.05) is 12.1 Å². The van der Waals surface area contributed by atoms with Crippen molar-refractivity contribution in [3.8, 4) is 6.01 Å². The van der Waals surface area contributed by atoms with E-state index in [9.17, 15) is 9.59 Å². The molecule has 0 spiro atoms. The van der Waals surface area contributed by atoms with E-state index in [1.54, 1.807) is 4.57 Å². The second-order valence-electron chi connectivity index (χ2n) is 10.2. The number of anilines is 1. The highest BCUT2D eigenvalue weighted by molar-refractivity contribution is 5.82. The number of unbranched alkanes of at least 4 members (excludes halogenated alkanes) is 1. The van der Waals surface area contributed by atoms with Crippen molar-refractivity contribution in [1.29, 1.82) is 0 Å². The first-order valence-corrected chi connectivity index (χ1v) is 13.7. The van der Waals surface area contributed by atoms with Gasteiger partial charge in [-0.15, -0.1) is 0 Å². The number of hydrogen-bond donors (Lipinski definition) is 5. The Morgan fingerprint density at radius 3 is 2.56 bits per heavy atom. The van der Waals surface area contributed by atoms with Gasteiger partial charge in [-0.2, -0.15) is 9.97 Å². The minimum atomic E-state index is -0.850. The number of carbonyl (C=O) groups is 1. The molecular weight excluding hydrogens is 500 g/mol. The number of H-pyrrole nitrogens is 1. The van der Waals surface area contributed by atoms with Crippen LogP contribution in [0.4, 0.5) is 5.82 Å². The van der Waals surface area contributed by atoms with Crippen LogP contribution in [-0.4, -0.2) is 74.3 Å². The summed E-state index contributed by atoms with van der Waals surface area (Å²) in [7, 11) is 0. The third-order valence-corrected chi connectivity index (χ3v) is 7.22. The average molecular weight is 541 g/mol. The number of rotatable bonds is 13. The normalized spacial score (nSPS) is 15.5. The summed E-state index contributed by atoms with van der Waals surface area (Å²) in [4.78, 5) is 38.2. The Morgan fingerprint density at radius 2 is 1.90 bits per heavy atom. The first-order chi connectivity index (χ1) is 18.9. The van der Waals surface area contributed by atoms with E-state index in [2.05, 4.69) is 44.2 Å². The van der Waals surface area contributed by atoms with Crippen molar-refractivity contribution >= 4 is 22.9 Å². The third kappa shape index (κ3) is 7.55. The average Bonchev–Trinajstić information content (AvgIpc) is 3.25. The summed E-state index contributed by atoms with van der Waals surface area (Å²) in [5.41, 5.74) is 14.3. The van der Waals surface area contributed by atoms with E-state index < -0.39 is 6.04 Å². The van der Waals surface area contributed by atoms with Crippen molar-refractivity contribution in [2.24, 2.45) is 11.7 Å². The number of nitrogen functional groups attached to an aromatic ring is 1. The van der Waals surface area contributed by atoms with Crippen molar-refractivity contribution in [1.82, 2.24) is 29.7 Å². The summed E-state index contributed by atoms with van der Waals surface area (Å²) >= 11 is 0. The van der Waals surface area contributed by atoms with E-state index in [4.69, 9.17) is 21.3 Å². The number of likely N-dealkylation sites (tertiary alicyclic amines) is 1. The van der Waals surface area contributed by atoms with Crippen molar-refractivity contribution in [2.45, 2.75) is 58.2 Å². The molecule has 1 unspecified atom stereocenters. The second kappa shape index (κ2) is 13.5. The number of carbonyl (C=O) groups excluding carboxylic acids is 1. The number of aromatic nitrogens is 4. The third-order valence-electron chi connectivity index (χ3n) is 7.22. The van der Waals surface area contributed by atoms with Crippen LogP contribution in [0.2, 0.25) is 0 Å². The molecule has 1 fully saturated rings. The van der Waals surface area contributed by atoms with Crippen LogP contribution in [-0.2, 0) is 17.9 Å². The van der Waals surface area contributed by atoms with Crippen molar-refractivity contribution in [3.05, 3.63) is 45.9 Å². The van der Waals surface area contributed by atoms with Gasteiger partial charge >= 0.3 is 11.7 Å². The number of piperidine rings is 1. The van der Waals surface area contributed by atoms with Gasteiger partial charge in [-0.1, -0.05) is 37.6 Å². The van der Waals surface area contributed by atoms with Gasteiger partial charge in [0.1, 0.15) is 11.6 Å². The quantitative estimate of drug-likeness (QED) is 0.198. The standard InChI is InChI=1S/C27H40N8O4/c1-2-3-14-39-26-32-23(29)22-24(33-26)35(27(38)31-22)16-20-6-4-19(5-7-20)15-34-12-9-18(10-13-34)8-11-30-25(37)21(28)17-36/h4-7,18,21,36H,2-3,8-17,28H2,1H3,(H,30,37)(H,31,38)(H2,29,32,33). The predicted octanol–water partition coefficient (Wildman–Crippen LogP) is 0.967. The Labute approximate surface area is 227 Å². The summed E-state index contributed by atoms with van der Waals surface area (Å²) in [5, 5.41) is 11.8. The van der Waals surface area contributed by atoms with Crippen LogP contribution in [0.25, 0.3) is 11.2 Å². The molecule has 3 aromatic rings. The van der Waals surface area contributed by atoms with Crippen LogP contribution < -0.4 is 27.2 Å². The maximum atomic E-state index is 12.7. The van der Waals surface area contributed by atoms with Gasteiger partial charge in [0.15, 0.2) is 11.5 Å². The lowest BCUT2D eigenvalue weighted by atomic mass is 9.93. The Hall–Kier alpha value is -3.48. The molecule has 1 atom stereocenters. The SMILES string of the molecule is CCCCOc1nc(N)c2[nH]c(=O)n(Cc3ccc(CN4CCC(CCNC(=O)C(N)CO)CC4)cc3)c2n1. The lowest BCUT2D eigenvalue weighted by molar-refractivity contribution is -0.123. The molecule has 1 saturated heterocycles. The number of nitrogens with zero attached hydrogens (tertiary/aromatic N) is 4. The molecular formula is C27H40N8O4. The summed E-state index contributed by atoms with van der Waals surface area (Å²) in [6.45, 7) is 6.05. The first kappa shape index (κ1) is 28.5. The molecule has 0 bridgehead atoms. The molecule has 7 N–H and O–H groups in total. The van der Waals surface area contributed by atoms with E-state index in [-0.39, 0.29) is 30.0 Å². The van der Waals surface area contributed by atoms with Crippen LogP contribution in [0.1, 0.15) is 50.2 Å². The van der Waals surface area contributed by atoms with Gasteiger partial charge in [0, 0.05) is 13.1 Å². The van der Waals surface area contributed by atoms with Crippen LogP contribution in [0.3, 0.4) is 0 Å². The molecule has 3 heterocycles. The minimum Gasteiger partial charge on any atom is -0.463 e. The number of fused-ring (bicyclic) bond motifs is 1. The first-order valence-electron chi connectivity index (χ1n) is 13.7. The van der Waals surface area contributed by atoms with E-state index >= 15 is 0 Å². The predicted molar refractivity (Wildman–Crippen MR) is 149 cm³/mol. The summed E-state index contributed by atoms with van der Waals surface area (Å²) in [5.74, 6) is 0.461. The Balaban J connectivity index is 1.29. The molecule has 1 aromatic carbocycles. The van der Waals surface area contributed by atoms with Gasteiger partial charge < -0.3 is 31.6 Å². The van der Waals surface area contributed by atoms with Crippen molar-refractivity contribution in [3.63, 3.8) is 0 Å². The van der Waals surface area contributed by atoms with E-state index in [0.717, 1.165) is 57.3 Å². The van der Waals surface area contributed by atoms with Gasteiger partial charge in [0.25, 0.3) is 0 Å². The smallest absolute Gasteiger partial charge is 0.328 e. The molecule has 39 heavy (non-hydrogen) atoms. The van der Waals surface area contributed by atoms with E-state index in [0.29, 0.717) is 36.8 Å². The number of imidazole rings is 1. The topological polar surface area (TPSA) is 177 Å². The Morgan fingerprint density at radius 1 is 1.21 bits per heavy atom. The molecule has 12 nitrogen and oxygen atoms in total. The fraction of sp³-hybridized carbons (Fsp3) is 0.556. The number of ether oxygens (including phenoxy) is 1. The number of amides is 1. The number of nitrogens with one attached hydrogen (secondary N) is 2. The number of aliphatic hydroxyl groups is 1. The number of hydrogen-bond acceptors (Lipinski definition) is 9. The van der Waals surface area contributed by atoms with Gasteiger partial charge in [-0.25, -0.2) is 4.79 Å². The van der Waals surface area contributed by atoms with Crippen LogP contribution in [0.15, 0.2) is 29.1 Å². The lowest BCUT2D eigenvalue weighted by Gasteiger charge is -2.32. The zero-order chi connectivity index (χ0) is 27.8. The number of aliphatic hydroxyl groups excluding tert-OH is 1. The highest BCUT2D eigenvalue weighted by Crippen LogP contribution is 2.22. The van der Waals surface area contributed by atoms with Gasteiger partial charge in [0.05, 0.1) is 19.8 Å². The van der Waals surface area contributed by atoms with Gasteiger partial charge in [0.2, 0.25) is 5.91 Å². The van der Waals surface area contributed by atoms with Gasteiger partial charge in [-0.3, -0.25) is 14.3 Å². The van der Waals surface area contributed by atoms with E-state index in [1.165, 1.54) is 5.56 Å². The zero-order valence-electron chi connectivity index (χ0n) is 22.6. The molecule has 2 aromatic heterocycles. The molecule has 0 aliphatic carbocycles. The Bertz CT molecular complexity index is 1280. The van der Waals surface area contributed by atoms with Crippen molar-refractivity contribution in [2.75, 3.05) is 38.6 Å². The highest BCUT2D eigenvalue weighted by Gasteiger charge is 2.20. The molecule has 212 valence electrons. The number of nitrogens with two attached hydrogens (primary N) is 2. The van der Waals surface area contributed by atoms with Gasteiger partial charge in [-0.05, 0) is 55.8 Å². The maximum absolute atomic E-state index is 12.7. The minimum absolute atomic E-state index is 0.177. The summed E-state index contributed by atoms with van der Waals surface area (Å²) in [6.07, 6.45) is 4.96. The number of aromatic amines is 1. The largest absolute Gasteiger partial charge is 0.463 e.